The average Bonchev–Trinajstić information content (AvgIpc) is 1.99. The number of carbonyl (C=O) groups is 1. The van der Waals surface area contributed by atoms with Crippen molar-refractivity contribution < 1.29 is 9.18 Å². The summed E-state index contributed by atoms with van der Waals surface area (Å²) in [6, 6.07) is 2.47. The number of amides is 1. The fraction of sp³-hybridized carbons (Fsp3) is 0. The lowest BCUT2D eigenvalue weighted by Crippen LogP contribution is -2.11. The third-order valence-electron chi connectivity index (χ3n) is 1.27. The van der Waals surface area contributed by atoms with Gasteiger partial charge >= 0.3 is 0 Å². The summed E-state index contributed by atoms with van der Waals surface area (Å²) in [4.78, 5) is 10.6. The highest BCUT2D eigenvalue weighted by molar-refractivity contribution is 9.10. The Kier molecular flexibility index (Phi) is 2.69. The monoisotopic (exact) mass is 251 g/mol. The average molecular weight is 252 g/mol. The highest BCUT2D eigenvalue weighted by Crippen LogP contribution is 2.24. The third kappa shape index (κ3) is 1.76. The summed E-state index contributed by atoms with van der Waals surface area (Å²) in [5.74, 6) is -1.24. The molecule has 0 atom stereocenters. The van der Waals surface area contributed by atoms with Gasteiger partial charge in [-0.15, -0.1) is 0 Å². The molecule has 0 bridgehead atoms. The lowest BCUT2D eigenvalue weighted by atomic mass is 10.2. The Balaban J connectivity index is 3.31. The van der Waals surface area contributed by atoms with E-state index in [1.54, 1.807) is 0 Å². The van der Waals surface area contributed by atoms with Gasteiger partial charge in [0.1, 0.15) is 0 Å². The molecule has 0 fully saturated rings. The van der Waals surface area contributed by atoms with E-state index in [9.17, 15) is 9.18 Å². The molecule has 1 aromatic carbocycles. The van der Waals surface area contributed by atoms with Crippen molar-refractivity contribution >= 4 is 33.4 Å². The van der Waals surface area contributed by atoms with Gasteiger partial charge in [0.25, 0.3) is 0 Å². The SMILES string of the molecule is NC(=O)c1cc(Cl)c(F)c(Br)c1. The van der Waals surface area contributed by atoms with Crippen LogP contribution in [0.1, 0.15) is 10.4 Å². The van der Waals surface area contributed by atoms with E-state index >= 15 is 0 Å². The van der Waals surface area contributed by atoms with Crippen molar-refractivity contribution in [3.63, 3.8) is 0 Å². The second kappa shape index (κ2) is 3.41. The van der Waals surface area contributed by atoms with E-state index in [1.807, 2.05) is 0 Å². The van der Waals surface area contributed by atoms with E-state index in [4.69, 9.17) is 17.3 Å². The minimum atomic E-state index is -0.641. The predicted octanol–water partition coefficient (Wildman–Crippen LogP) is 2.34. The summed E-state index contributed by atoms with van der Waals surface area (Å²) >= 11 is 8.35. The van der Waals surface area contributed by atoms with Gasteiger partial charge in [0.2, 0.25) is 5.91 Å². The first kappa shape index (κ1) is 9.48. The zero-order valence-electron chi connectivity index (χ0n) is 5.77. The highest BCUT2D eigenvalue weighted by atomic mass is 79.9. The van der Waals surface area contributed by atoms with Crippen LogP contribution in [0.3, 0.4) is 0 Å². The van der Waals surface area contributed by atoms with Gasteiger partial charge in [-0.1, -0.05) is 11.6 Å². The van der Waals surface area contributed by atoms with Gasteiger partial charge in [0.05, 0.1) is 9.50 Å². The molecule has 1 rings (SSSR count). The molecular formula is C7H4BrClFNO. The van der Waals surface area contributed by atoms with Gasteiger partial charge < -0.3 is 5.73 Å². The lowest BCUT2D eigenvalue weighted by molar-refractivity contribution is 0.1000. The molecule has 0 spiro atoms. The molecule has 0 radical (unpaired) electrons. The maximum Gasteiger partial charge on any atom is 0.248 e. The summed E-state index contributed by atoms with van der Waals surface area (Å²) < 4.78 is 13.0. The van der Waals surface area contributed by atoms with E-state index in [0.717, 1.165) is 0 Å². The Morgan fingerprint density at radius 2 is 2.17 bits per heavy atom. The molecule has 0 unspecified atom stereocenters. The number of nitrogens with two attached hydrogens (primary N) is 1. The number of halogens is 3. The number of primary amides is 1. The fourth-order valence-electron chi connectivity index (χ4n) is 0.698. The first-order valence-corrected chi connectivity index (χ1v) is 4.14. The summed E-state index contributed by atoms with van der Waals surface area (Å²) in [6.45, 7) is 0. The van der Waals surface area contributed by atoms with Crippen LogP contribution in [0.4, 0.5) is 4.39 Å². The quantitative estimate of drug-likeness (QED) is 0.766. The van der Waals surface area contributed by atoms with Crippen LogP contribution in [0.15, 0.2) is 16.6 Å². The Morgan fingerprint density at radius 1 is 1.58 bits per heavy atom. The van der Waals surface area contributed by atoms with Gasteiger partial charge in [-0.25, -0.2) is 4.39 Å². The Hall–Kier alpha value is -0.610. The molecule has 64 valence electrons. The molecule has 12 heavy (non-hydrogen) atoms. The van der Waals surface area contributed by atoms with Crippen LogP contribution in [0.2, 0.25) is 5.02 Å². The van der Waals surface area contributed by atoms with Crippen LogP contribution in [0, 0.1) is 5.82 Å². The zero-order valence-corrected chi connectivity index (χ0v) is 8.12. The largest absolute Gasteiger partial charge is 0.366 e. The minimum Gasteiger partial charge on any atom is -0.366 e. The maximum absolute atomic E-state index is 12.8. The number of benzene rings is 1. The third-order valence-corrected chi connectivity index (χ3v) is 2.12. The van der Waals surface area contributed by atoms with Crippen LogP contribution in [-0.2, 0) is 0 Å². The van der Waals surface area contributed by atoms with Gasteiger partial charge in [0.15, 0.2) is 5.82 Å². The smallest absolute Gasteiger partial charge is 0.248 e. The molecule has 5 heteroatoms. The molecule has 2 N–H and O–H groups in total. The first-order valence-electron chi connectivity index (χ1n) is 2.96. The van der Waals surface area contributed by atoms with Crippen LogP contribution < -0.4 is 5.73 Å². The van der Waals surface area contributed by atoms with E-state index < -0.39 is 11.7 Å². The van der Waals surface area contributed by atoms with Gasteiger partial charge in [-0.2, -0.15) is 0 Å². The molecule has 1 aromatic rings. The summed E-state index contributed by atoms with van der Waals surface area (Å²) in [5.41, 5.74) is 5.14. The molecule has 2 nitrogen and oxygen atoms in total. The van der Waals surface area contributed by atoms with E-state index in [-0.39, 0.29) is 15.1 Å². The summed E-state index contributed by atoms with van der Waals surface area (Å²) in [6.07, 6.45) is 0. The van der Waals surface area contributed by atoms with Crippen LogP contribution in [0.5, 0.6) is 0 Å². The van der Waals surface area contributed by atoms with Crippen molar-refractivity contribution in [1.82, 2.24) is 0 Å². The standard InChI is InChI=1S/C7H4BrClFNO/c8-4-1-3(7(11)12)2-5(9)6(4)10/h1-2H,(H2,11,12). The first-order chi connectivity index (χ1) is 5.52. The summed E-state index contributed by atoms with van der Waals surface area (Å²) in [7, 11) is 0. The van der Waals surface area contributed by atoms with Crippen molar-refractivity contribution in [3.05, 3.63) is 33.0 Å². The van der Waals surface area contributed by atoms with Crippen molar-refractivity contribution in [2.75, 3.05) is 0 Å². The second-order valence-electron chi connectivity index (χ2n) is 2.12. The molecule has 0 heterocycles. The zero-order chi connectivity index (χ0) is 9.30. The molecule has 0 saturated heterocycles. The summed E-state index contributed by atoms with van der Waals surface area (Å²) in [5, 5.41) is -0.127. The van der Waals surface area contributed by atoms with Gasteiger partial charge in [0, 0.05) is 5.56 Å². The second-order valence-corrected chi connectivity index (χ2v) is 3.38. The topological polar surface area (TPSA) is 43.1 Å². The molecule has 0 aliphatic heterocycles. The van der Waals surface area contributed by atoms with Crippen LogP contribution in [0.25, 0.3) is 0 Å². The van der Waals surface area contributed by atoms with E-state index in [1.165, 1.54) is 12.1 Å². The molecule has 0 aromatic heterocycles. The highest BCUT2D eigenvalue weighted by Gasteiger charge is 2.09. The van der Waals surface area contributed by atoms with Crippen molar-refractivity contribution in [3.8, 4) is 0 Å². The number of rotatable bonds is 1. The number of hydrogen-bond acceptors (Lipinski definition) is 1. The molecule has 0 saturated carbocycles. The minimum absolute atomic E-state index is 0.127. The number of carbonyl (C=O) groups excluding carboxylic acids is 1. The van der Waals surface area contributed by atoms with Crippen molar-refractivity contribution in [2.24, 2.45) is 5.73 Å². The molecular weight excluding hydrogens is 248 g/mol. The van der Waals surface area contributed by atoms with Crippen LogP contribution >= 0.6 is 27.5 Å². The predicted molar refractivity (Wildman–Crippen MR) is 47.6 cm³/mol. The van der Waals surface area contributed by atoms with Gasteiger partial charge in [-0.3, -0.25) is 4.79 Å². The van der Waals surface area contributed by atoms with Crippen LogP contribution in [-0.4, -0.2) is 5.91 Å². The van der Waals surface area contributed by atoms with Gasteiger partial charge in [-0.05, 0) is 28.1 Å². The number of hydrogen-bond donors (Lipinski definition) is 1. The van der Waals surface area contributed by atoms with Crippen molar-refractivity contribution in [2.45, 2.75) is 0 Å². The Labute approximate surface area is 81.6 Å². The Bertz CT molecular complexity index is 319. The van der Waals surface area contributed by atoms with E-state index in [0.29, 0.717) is 0 Å². The Morgan fingerprint density at radius 3 is 2.58 bits per heavy atom. The molecule has 0 aliphatic carbocycles. The maximum atomic E-state index is 12.8. The van der Waals surface area contributed by atoms with Crippen molar-refractivity contribution in [1.29, 1.82) is 0 Å². The molecule has 0 aliphatic rings. The lowest BCUT2D eigenvalue weighted by Gasteiger charge is -2.00. The fourth-order valence-corrected chi connectivity index (χ4v) is 1.49. The molecule has 1 amide bonds. The van der Waals surface area contributed by atoms with E-state index in [2.05, 4.69) is 15.9 Å². The normalized spacial score (nSPS) is 9.92.